The monoisotopic (exact) mass is 230 g/mol. The Morgan fingerprint density at radius 3 is 3.00 bits per heavy atom. The van der Waals surface area contributed by atoms with E-state index in [1.165, 1.54) is 25.7 Å². The van der Waals surface area contributed by atoms with Crippen LogP contribution in [-0.2, 0) is 0 Å². The van der Waals surface area contributed by atoms with Gasteiger partial charge in [-0.15, -0.1) is 0 Å². The first kappa shape index (κ1) is 11.7. The summed E-state index contributed by atoms with van der Waals surface area (Å²) in [6, 6.07) is 4.24. The van der Waals surface area contributed by atoms with E-state index in [4.69, 9.17) is 11.0 Å². The van der Waals surface area contributed by atoms with Crippen LogP contribution in [0.25, 0.3) is 0 Å². The van der Waals surface area contributed by atoms with E-state index in [1.54, 1.807) is 12.3 Å². The fourth-order valence-corrected chi connectivity index (χ4v) is 2.37. The molecule has 4 nitrogen and oxygen atoms in total. The molecule has 1 aliphatic heterocycles. The second-order valence-electron chi connectivity index (χ2n) is 4.64. The Bertz CT molecular complexity index is 436. The van der Waals surface area contributed by atoms with Crippen molar-refractivity contribution in [1.29, 1.82) is 5.26 Å². The Labute approximate surface area is 102 Å². The van der Waals surface area contributed by atoms with Crippen molar-refractivity contribution in [2.75, 3.05) is 17.2 Å². The second kappa shape index (κ2) is 5.05. The summed E-state index contributed by atoms with van der Waals surface area (Å²) in [5, 5.41) is 8.80. The number of hydrogen-bond acceptors (Lipinski definition) is 4. The molecular weight excluding hydrogens is 212 g/mol. The van der Waals surface area contributed by atoms with Crippen LogP contribution in [0.5, 0.6) is 0 Å². The predicted octanol–water partition coefficient (Wildman–Crippen LogP) is 2.30. The average molecular weight is 230 g/mol. The highest BCUT2D eigenvalue weighted by molar-refractivity contribution is 5.65. The third kappa shape index (κ3) is 2.50. The van der Waals surface area contributed by atoms with E-state index in [-0.39, 0.29) is 0 Å². The van der Waals surface area contributed by atoms with E-state index < -0.39 is 0 Å². The third-order valence-corrected chi connectivity index (χ3v) is 3.35. The summed E-state index contributed by atoms with van der Waals surface area (Å²) in [6.07, 6.45) is 6.51. The van der Waals surface area contributed by atoms with Gasteiger partial charge in [-0.05, 0) is 25.8 Å². The van der Waals surface area contributed by atoms with Crippen molar-refractivity contribution >= 4 is 11.5 Å². The van der Waals surface area contributed by atoms with Crippen molar-refractivity contribution in [3.8, 4) is 6.07 Å². The van der Waals surface area contributed by atoms with Gasteiger partial charge in [0, 0.05) is 18.8 Å². The van der Waals surface area contributed by atoms with Gasteiger partial charge in [-0.3, -0.25) is 0 Å². The zero-order valence-electron chi connectivity index (χ0n) is 10.2. The number of pyridine rings is 1. The van der Waals surface area contributed by atoms with Crippen LogP contribution in [0.2, 0.25) is 0 Å². The standard InChI is InChI=1S/C13H18N4/c1-10-5-3-2-4-6-17(10)13-12(15)7-11(8-14)9-16-13/h7,9-10H,2-6,15H2,1H3. The van der Waals surface area contributed by atoms with Crippen molar-refractivity contribution in [3.63, 3.8) is 0 Å². The van der Waals surface area contributed by atoms with Crippen LogP contribution in [0.1, 0.15) is 38.2 Å². The first-order chi connectivity index (χ1) is 8.22. The minimum Gasteiger partial charge on any atom is -0.396 e. The van der Waals surface area contributed by atoms with Gasteiger partial charge >= 0.3 is 0 Å². The lowest BCUT2D eigenvalue weighted by molar-refractivity contribution is 0.612. The highest BCUT2D eigenvalue weighted by Crippen LogP contribution is 2.27. The fraction of sp³-hybridized carbons (Fsp3) is 0.538. The van der Waals surface area contributed by atoms with Crippen molar-refractivity contribution in [2.24, 2.45) is 0 Å². The summed E-state index contributed by atoms with van der Waals surface area (Å²) in [4.78, 5) is 6.61. The number of nitrogen functional groups attached to an aromatic ring is 1. The first-order valence-electron chi connectivity index (χ1n) is 6.14. The third-order valence-electron chi connectivity index (χ3n) is 3.35. The van der Waals surface area contributed by atoms with E-state index in [0.717, 1.165) is 12.4 Å². The van der Waals surface area contributed by atoms with Crippen molar-refractivity contribution in [2.45, 2.75) is 38.6 Å². The lowest BCUT2D eigenvalue weighted by Gasteiger charge is -2.29. The molecule has 90 valence electrons. The molecule has 0 saturated carbocycles. The van der Waals surface area contributed by atoms with Crippen LogP contribution in [-0.4, -0.2) is 17.6 Å². The summed E-state index contributed by atoms with van der Waals surface area (Å²) in [7, 11) is 0. The summed E-state index contributed by atoms with van der Waals surface area (Å²) in [5.74, 6) is 0.832. The second-order valence-corrected chi connectivity index (χ2v) is 4.64. The van der Waals surface area contributed by atoms with Gasteiger partial charge in [0.05, 0.1) is 11.3 Å². The average Bonchev–Trinajstić information content (AvgIpc) is 2.54. The van der Waals surface area contributed by atoms with Gasteiger partial charge in [0.15, 0.2) is 5.82 Å². The van der Waals surface area contributed by atoms with Crippen LogP contribution in [0, 0.1) is 11.3 Å². The number of nitriles is 1. The van der Waals surface area contributed by atoms with E-state index in [9.17, 15) is 0 Å². The molecule has 0 amide bonds. The molecule has 2 rings (SSSR count). The molecule has 17 heavy (non-hydrogen) atoms. The molecule has 0 aliphatic carbocycles. The molecule has 1 atom stereocenters. The number of rotatable bonds is 1. The van der Waals surface area contributed by atoms with Gasteiger partial charge in [0.2, 0.25) is 0 Å². The lowest BCUT2D eigenvalue weighted by Crippen LogP contribution is -2.33. The minimum atomic E-state index is 0.472. The first-order valence-corrected chi connectivity index (χ1v) is 6.14. The Kier molecular flexibility index (Phi) is 3.48. The predicted molar refractivity (Wildman–Crippen MR) is 68.6 cm³/mol. The van der Waals surface area contributed by atoms with Crippen LogP contribution >= 0.6 is 0 Å². The number of nitrogens with two attached hydrogens (primary N) is 1. The summed E-state index contributed by atoms with van der Waals surface area (Å²) in [5.41, 5.74) is 7.12. The van der Waals surface area contributed by atoms with Gasteiger partial charge in [-0.2, -0.15) is 5.26 Å². The largest absolute Gasteiger partial charge is 0.396 e. The normalized spacial score (nSPS) is 20.7. The van der Waals surface area contributed by atoms with E-state index >= 15 is 0 Å². The molecule has 1 aromatic rings. The Balaban J connectivity index is 2.29. The molecule has 0 radical (unpaired) electrons. The van der Waals surface area contributed by atoms with Gasteiger partial charge in [0.1, 0.15) is 6.07 Å². The van der Waals surface area contributed by atoms with Gasteiger partial charge in [0.25, 0.3) is 0 Å². The van der Waals surface area contributed by atoms with Crippen molar-refractivity contribution < 1.29 is 0 Å². The Hall–Kier alpha value is -1.76. The highest BCUT2D eigenvalue weighted by Gasteiger charge is 2.20. The Morgan fingerprint density at radius 1 is 1.47 bits per heavy atom. The zero-order chi connectivity index (χ0) is 12.3. The molecule has 1 fully saturated rings. The number of hydrogen-bond donors (Lipinski definition) is 1. The van der Waals surface area contributed by atoms with Crippen molar-refractivity contribution in [1.82, 2.24) is 4.98 Å². The maximum atomic E-state index is 8.80. The van der Waals surface area contributed by atoms with Gasteiger partial charge < -0.3 is 10.6 Å². The van der Waals surface area contributed by atoms with E-state index in [2.05, 4.69) is 22.9 Å². The molecular formula is C13H18N4. The number of aromatic nitrogens is 1. The Morgan fingerprint density at radius 2 is 2.29 bits per heavy atom. The fourth-order valence-electron chi connectivity index (χ4n) is 2.37. The molecule has 4 heteroatoms. The van der Waals surface area contributed by atoms with Crippen molar-refractivity contribution in [3.05, 3.63) is 17.8 Å². The molecule has 0 spiro atoms. The van der Waals surface area contributed by atoms with Crippen LogP contribution < -0.4 is 10.6 Å². The molecule has 2 heterocycles. The number of anilines is 2. The minimum absolute atomic E-state index is 0.472. The van der Waals surface area contributed by atoms with Crippen LogP contribution in [0.3, 0.4) is 0 Å². The topological polar surface area (TPSA) is 65.9 Å². The molecule has 0 bridgehead atoms. The van der Waals surface area contributed by atoms with Gasteiger partial charge in [-0.25, -0.2) is 4.98 Å². The molecule has 1 aromatic heterocycles. The molecule has 2 N–H and O–H groups in total. The van der Waals surface area contributed by atoms with Crippen LogP contribution in [0.4, 0.5) is 11.5 Å². The zero-order valence-corrected chi connectivity index (χ0v) is 10.2. The van der Waals surface area contributed by atoms with E-state index in [1.807, 2.05) is 0 Å². The van der Waals surface area contributed by atoms with Gasteiger partial charge in [-0.1, -0.05) is 12.8 Å². The molecule has 1 aliphatic rings. The molecule has 1 saturated heterocycles. The summed E-state index contributed by atoms with van der Waals surface area (Å²) >= 11 is 0. The molecule has 1 unspecified atom stereocenters. The van der Waals surface area contributed by atoms with Crippen LogP contribution in [0.15, 0.2) is 12.3 Å². The molecule has 0 aromatic carbocycles. The SMILES string of the molecule is CC1CCCCCN1c1ncc(C#N)cc1N. The van der Waals surface area contributed by atoms with E-state index in [0.29, 0.717) is 17.3 Å². The smallest absolute Gasteiger partial charge is 0.152 e. The maximum Gasteiger partial charge on any atom is 0.152 e. The summed E-state index contributed by atoms with van der Waals surface area (Å²) in [6.45, 7) is 3.22. The quantitative estimate of drug-likeness (QED) is 0.804. The maximum absolute atomic E-state index is 8.80. The highest BCUT2D eigenvalue weighted by atomic mass is 15.2. The number of nitrogens with zero attached hydrogens (tertiary/aromatic N) is 3. The lowest BCUT2D eigenvalue weighted by atomic mass is 10.1. The summed E-state index contributed by atoms with van der Waals surface area (Å²) < 4.78 is 0.